The molecule has 0 unspecified atom stereocenters. The first kappa shape index (κ1) is 15.3. The van der Waals surface area contributed by atoms with Crippen molar-refractivity contribution in [2.45, 2.75) is 18.9 Å². The molecule has 2 aliphatic heterocycles. The van der Waals surface area contributed by atoms with E-state index in [0.717, 1.165) is 12.8 Å². The summed E-state index contributed by atoms with van der Waals surface area (Å²) in [6.07, 6.45) is 3.60. The van der Waals surface area contributed by atoms with Gasteiger partial charge in [0.2, 0.25) is 0 Å². The highest BCUT2D eigenvalue weighted by Crippen LogP contribution is 2.40. The Labute approximate surface area is 138 Å². The molecular formula is C17H20FN3O3. The number of ether oxygens (including phenoxy) is 2. The molecule has 1 aromatic heterocycles. The minimum atomic E-state index is -0.409. The van der Waals surface area contributed by atoms with Gasteiger partial charge in [-0.1, -0.05) is 0 Å². The van der Waals surface area contributed by atoms with Crippen molar-refractivity contribution in [3.05, 3.63) is 34.4 Å². The van der Waals surface area contributed by atoms with E-state index in [9.17, 15) is 9.18 Å². The number of methoxy groups -OCH3 is 1. The zero-order chi connectivity index (χ0) is 16.8. The Morgan fingerprint density at radius 3 is 2.79 bits per heavy atom. The summed E-state index contributed by atoms with van der Waals surface area (Å²) >= 11 is 0. The predicted octanol–water partition coefficient (Wildman–Crippen LogP) is 1.67. The molecule has 0 atom stereocenters. The molecule has 24 heavy (non-hydrogen) atoms. The number of pyridine rings is 1. The Bertz CT molecular complexity index is 843. The van der Waals surface area contributed by atoms with Crippen molar-refractivity contribution in [1.82, 2.24) is 4.68 Å². The van der Waals surface area contributed by atoms with Crippen LogP contribution in [0.1, 0.15) is 12.8 Å². The Kier molecular flexibility index (Phi) is 3.60. The summed E-state index contributed by atoms with van der Waals surface area (Å²) in [5.41, 5.74) is 0.871. The van der Waals surface area contributed by atoms with Crippen molar-refractivity contribution in [1.29, 1.82) is 0 Å². The molecule has 6 nitrogen and oxygen atoms in total. The first-order valence-electron chi connectivity index (χ1n) is 8.10. The average molecular weight is 333 g/mol. The lowest BCUT2D eigenvalue weighted by molar-refractivity contribution is 0.0816. The lowest BCUT2D eigenvalue weighted by Gasteiger charge is -2.37. The van der Waals surface area contributed by atoms with Crippen molar-refractivity contribution in [2.75, 3.05) is 43.9 Å². The molecule has 0 radical (unpaired) electrons. The normalized spacial score (nSPS) is 18.1. The highest BCUT2D eigenvalue weighted by molar-refractivity contribution is 5.92. The minimum Gasteiger partial charge on any atom is -0.467 e. The summed E-state index contributed by atoms with van der Waals surface area (Å²) in [5.74, 6) is 0.0458. The second-order valence-electron chi connectivity index (χ2n) is 6.31. The summed E-state index contributed by atoms with van der Waals surface area (Å²) in [6, 6.07) is 2.79. The van der Waals surface area contributed by atoms with Crippen molar-refractivity contribution >= 4 is 16.6 Å². The first-order chi connectivity index (χ1) is 11.6. The fourth-order valence-electron chi connectivity index (χ4n) is 3.58. The number of rotatable bonds is 2. The Balaban J connectivity index is 1.89. The molecule has 3 heterocycles. The smallest absolute Gasteiger partial charge is 0.189 e. The topological polar surface area (TPSA) is 46.9 Å². The van der Waals surface area contributed by atoms with Crippen LogP contribution in [-0.4, -0.2) is 44.8 Å². The SMILES string of the molecule is COC1CCN(c2c(F)cc3c(=O)ccn4c3c2OCN4C)CC1. The molecule has 4 rings (SSSR count). The van der Waals surface area contributed by atoms with Gasteiger partial charge in [-0.25, -0.2) is 4.39 Å². The molecule has 7 heteroatoms. The Morgan fingerprint density at radius 1 is 1.33 bits per heavy atom. The molecule has 0 saturated carbocycles. The maximum Gasteiger partial charge on any atom is 0.189 e. The van der Waals surface area contributed by atoms with Crippen LogP contribution < -0.4 is 20.1 Å². The Hall–Kier alpha value is -2.28. The van der Waals surface area contributed by atoms with Gasteiger partial charge in [-0.05, 0) is 18.9 Å². The van der Waals surface area contributed by atoms with Crippen molar-refractivity contribution in [3.63, 3.8) is 0 Å². The Morgan fingerprint density at radius 2 is 2.08 bits per heavy atom. The molecule has 0 aliphatic carbocycles. The van der Waals surface area contributed by atoms with E-state index >= 15 is 0 Å². The van der Waals surface area contributed by atoms with Crippen LogP contribution in [0.2, 0.25) is 0 Å². The van der Waals surface area contributed by atoms with E-state index in [2.05, 4.69) is 0 Å². The second kappa shape index (κ2) is 5.66. The maximum atomic E-state index is 14.8. The van der Waals surface area contributed by atoms with Crippen LogP contribution >= 0.6 is 0 Å². The van der Waals surface area contributed by atoms with Gasteiger partial charge in [-0.15, -0.1) is 0 Å². The quantitative estimate of drug-likeness (QED) is 0.837. The van der Waals surface area contributed by atoms with Gasteiger partial charge in [0, 0.05) is 39.5 Å². The van der Waals surface area contributed by atoms with E-state index in [1.807, 2.05) is 21.6 Å². The highest BCUT2D eigenvalue weighted by atomic mass is 19.1. The van der Waals surface area contributed by atoms with Gasteiger partial charge in [-0.3, -0.25) is 14.5 Å². The summed E-state index contributed by atoms with van der Waals surface area (Å²) in [4.78, 5) is 14.2. The minimum absolute atomic E-state index is 0.204. The third-order valence-electron chi connectivity index (χ3n) is 4.90. The lowest BCUT2D eigenvalue weighted by Crippen LogP contribution is -2.41. The number of aromatic nitrogens is 1. The lowest BCUT2D eigenvalue weighted by atomic mass is 10.0. The van der Waals surface area contributed by atoms with Gasteiger partial charge < -0.3 is 14.4 Å². The second-order valence-corrected chi connectivity index (χ2v) is 6.31. The zero-order valence-electron chi connectivity index (χ0n) is 13.8. The maximum absolute atomic E-state index is 14.8. The zero-order valence-corrected chi connectivity index (χ0v) is 13.8. The number of piperidine rings is 1. The molecule has 0 bridgehead atoms. The fourth-order valence-corrected chi connectivity index (χ4v) is 3.58. The van der Waals surface area contributed by atoms with Crippen LogP contribution in [0.25, 0.3) is 10.9 Å². The van der Waals surface area contributed by atoms with Gasteiger partial charge in [0.05, 0.1) is 11.5 Å². The van der Waals surface area contributed by atoms with E-state index in [-0.39, 0.29) is 11.5 Å². The first-order valence-corrected chi connectivity index (χ1v) is 8.10. The predicted molar refractivity (Wildman–Crippen MR) is 90.0 cm³/mol. The van der Waals surface area contributed by atoms with Crippen molar-refractivity contribution in [3.8, 4) is 5.75 Å². The van der Waals surface area contributed by atoms with E-state index in [1.54, 1.807) is 13.3 Å². The average Bonchev–Trinajstić information content (AvgIpc) is 2.60. The van der Waals surface area contributed by atoms with Crippen LogP contribution in [0.15, 0.2) is 23.1 Å². The number of benzene rings is 1. The number of anilines is 1. The van der Waals surface area contributed by atoms with Gasteiger partial charge in [0.15, 0.2) is 23.7 Å². The van der Waals surface area contributed by atoms with Gasteiger partial charge in [0.1, 0.15) is 11.2 Å². The standard InChI is InChI=1S/C17H20FN3O3/c1-19-10-24-17-15-12(14(22)5-8-21(15)19)9-13(18)16(17)20-6-3-11(23-2)4-7-20/h5,8-9,11H,3-4,6-7,10H2,1-2H3. The summed E-state index contributed by atoms with van der Waals surface area (Å²) in [7, 11) is 3.57. The molecule has 1 fully saturated rings. The molecule has 0 N–H and O–H groups in total. The molecule has 0 amide bonds. The van der Waals surface area contributed by atoms with Crippen molar-refractivity contribution < 1.29 is 13.9 Å². The summed E-state index contributed by atoms with van der Waals surface area (Å²) in [5, 5.41) is 2.18. The van der Waals surface area contributed by atoms with Gasteiger partial charge in [-0.2, -0.15) is 0 Å². The van der Waals surface area contributed by atoms with Gasteiger partial charge in [0.25, 0.3) is 0 Å². The molecule has 2 aromatic rings. The van der Waals surface area contributed by atoms with Gasteiger partial charge >= 0.3 is 0 Å². The monoisotopic (exact) mass is 333 g/mol. The highest BCUT2D eigenvalue weighted by Gasteiger charge is 2.29. The van der Waals surface area contributed by atoms with E-state index < -0.39 is 5.82 Å². The van der Waals surface area contributed by atoms with E-state index in [4.69, 9.17) is 9.47 Å². The van der Waals surface area contributed by atoms with Crippen LogP contribution in [0.4, 0.5) is 10.1 Å². The number of hydrogen-bond acceptors (Lipinski definition) is 5. The largest absolute Gasteiger partial charge is 0.467 e. The molecule has 1 saturated heterocycles. The molecular weight excluding hydrogens is 313 g/mol. The third-order valence-corrected chi connectivity index (χ3v) is 4.90. The van der Waals surface area contributed by atoms with Crippen LogP contribution in [0.5, 0.6) is 5.75 Å². The van der Waals surface area contributed by atoms with Crippen molar-refractivity contribution in [2.24, 2.45) is 0 Å². The third kappa shape index (κ3) is 2.23. The molecule has 1 aromatic carbocycles. The molecule has 0 spiro atoms. The van der Waals surface area contributed by atoms with E-state index in [1.165, 1.54) is 12.1 Å². The number of hydrogen-bond donors (Lipinski definition) is 0. The van der Waals surface area contributed by atoms with Crippen LogP contribution in [0, 0.1) is 5.82 Å². The number of halogens is 1. The fraction of sp³-hybridized carbons (Fsp3) is 0.471. The number of nitrogens with zero attached hydrogens (tertiary/aromatic N) is 3. The van der Waals surface area contributed by atoms with Crippen LogP contribution in [0.3, 0.4) is 0 Å². The van der Waals surface area contributed by atoms with Crippen LogP contribution in [-0.2, 0) is 4.74 Å². The molecule has 128 valence electrons. The summed E-state index contributed by atoms with van der Waals surface area (Å²) in [6.45, 7) is 1.70. The summed E-state index contributed by atoms with van der Waals surface area (Å²) < 4.78 is 27.9. The van der Waals surface area contributed by atoms with E-state index in [0.29, 0.717) is 42.2 Å². The molecule has 2 aliphatic rings.